The Bertz CT molecular complexity index is 894. The van der Waals surface area contributed by atoms with E-state index in [4.69, 9.17) is 16.3 Å². The number of halogens is 1. The van der Waals surface area contributed by atoms with Crippen molar-refractivity contribution in [3.05, 3.63) is 83.9 Å². The van der Waals surface area contributed by atoms with Gasteiger partial charge in [-0.15, -0.1) is 0 Å². The van der Waals surface area contributed by atoms with Gasteiger partial charge < -0.3 is 15.0 Å². The Morgan fingerprint density at radius 2 is 1.54 bits per heavy atom. The van der Waals surface area contributed by atoms with Gasteiger partial charge in [-0.3, -0.25) is 4.79 Å². The van der Waals surface area contributed by atoms with E-state index in [0.717, 1.165) is 17.1 Å². The van der Waals surface area contributed by atoms with E-state index in [-0.39, 0.29) is 12.5 Å². The number of anilines is 3. The third-order valence-electron chi connectivity index (χ3n) is 4.16. The molecule has 0 aliphatic carbocycles. The molecule has 0 aromatic heterocycles. The Labute approximate surface area is 170 Å². The van der Waals surface area contributed by atoms with Gasteiger partial charge in [0, 0.05) is 28.1 Å². The second-order valence-corrected chi connectivity index (χ2v) is 7.07. The number of rotatable bonds is 7. The predicted octanol–water partition coefficient (Wildman–Crippen LogP) is 5.90. The predicted molar refractivity (Wildman–Crippen MR) is 116 cm³/mol. The van der Waals surface area contributed by atoms with Gasteiger partial charge in [0.2, 0.25) is 0 Å². The summed E-state index contributed by atoms with van der Waals surface area (Å²) in [5, 5.41) is 3.48. The van der Waals surface area contributed by atoms with Gasteiger partial charge >= 0.3 is 0 Å². The van der Waals surface area contributed by atoms with Crippen LogP contribution in [0.3, 0.4) is 0 Å². The second-order valence-electron chi connectivity index (χ2n) is 6.64. The minimum absolute atomic E-state index is 0.0640. The Hall–Kier alpha value is -2.98. The number of nitrogens with zero attached hydrogens (tertiary/aromatic N) is 1. The molecule has 4 nitrogen and oxygen atoms in total. The fraction of sp³-hybridized carbons (Fsp3) is 0.174. The first-order valence-corrected chi connectivity index (χ1v) is 9.53. The number of nitrogens with one attached hydrogen (secondary N) is 1. The molecule has 0 saturated heterocycles. The van der Waals surface area contributed by atoms with Crippen LogP contribution in [0.4, 0.5) is 17.1 Å². The van der Waals surface area contributed by atoms with Crippen molar-refractivity contribution in [2.75, 3.05) is 16.8 Å². The summed E-state index contributed by atoms with van der Waals surface area (Å²) in [4.78, 5) is 14.4. The van der Waals surface area contributed by atoms with Crippen molar-refractivity contribution in [1.29, 1.82) is 0 Å². The van der Waals surface area contributed by atoms with Gasteiger partial charge in [-0.25, -0.2) is 0 Å². The highest BCUT2D eigenvalue weighted by Gasteiger charge is 2.13. The molecule has 1 amide bonds. The lowest BCUT2D eigenvalue weighted by Gasteiger charge is -2.29. The van der Waals surface area contributed by atoms with Gasteiger partial charge in [-0.2, -0.15) is 0 Å². The third-order valence-corrected chi connectivity index (χ3v) is 4.42. The highest BCUT2D eigenvalue weighted by Crippen LogP contribution is 2.28. The molecule has 0 fully saturated rings. The van der Waals surface area contributed by atoms with Gasteiger partial charge in [0.05, 0.1) is 0 Å². The van der Waals surface area contributed by atoms with Crippen LogP contribution in [0.5, 0.6) is 5.75 Å². The number of hydrogen-bond donors (Lipinski definition) is 1. The van der Waals surface area contributed by atoms with Crippen LogP contribution in [0.15, 0.2) is 78.9 Å². The molecule has 144 valence electrons. The molecule has 0 saturated carbocycles. The van der Waals surface area contributed by atoms with Gasteiger partial charge in [0.1, 0.15) is 5.75 Å². The van der Waals surface area contributed by atoms with Crippen molar-refractivity contribution in [2.45, 2.75) is 19.9 Å². The Balaban J connectivity index is 1.61. The summed E-state index contributed by atoms with van der Waals surface area (Å²) in [6.07, 6.45) is 0. The molecule has 0 unspecified atom stereocenters. The fourth-order valence-corrected chi connectivity index (χ4v) is 3.04. The molecule has 0 atom stereocenters. The number of carbonyl (C=O) groups is 1. The summed E-state index contributed by atoms with van der Waals surface area (Å²) in [7, 11) is 0. The Morgan fingerprint density at radius 1 is 0.929 bits per heavy atom. The molecular formula is C23H23ClN2O2. The average molecular weight is 395 g/mol. The van der Waals surface area contributed by atoms with Crippen LogP contribution >= 0.6 is 11.6 Å². The number of para-hydroxylation sites is 1. The quantitative estimate of drug-likeness (QED) is 0.542. The zero-order chi connectivity index (χ0) is 19.9. The van der Waals surface area contributed by atoms with Crippen LogP contribution in [0, 0.1) is 0 Å². The van der Waals surface area contributed by atoms with Crippen molar-refractivity contribution < 1.29 is 9.53 Å². The van der Waals surface area contributed by atoms with Crippen LogP contribution in [0.1, 0.15) is 13.8 Å². The van der Waals surface area contributed by atoms with E-state index >= 15 is 0 Å². The van der Waals surface area contributed by atoms with Crippen LogP contribution in [0.2, 0.25) is 5.02 Å². The Morgan fingerprint density at radius 3 is 2.14 bits per heavy atom. The standard InChI is InChI=1S/C23H23ClN2O2/c1-17(2)26(20-6-4-3-5-7-20)21-12-10-19(11-13-21)25-23(27)16-28-22-14-8-18(24)9-15-22/h3-15,17H,16H2,1-2H3,(H,25,27). The number of benzene rings is 3. The second kappa shape index (κ2) is 9.29. The van der Waals surface area contributed by atoms with Crippen LogP contribution < -0.4 is 15.0 Å². The molecule has 3 aromatic rings. The molecule has 3 aromatic carbocycles. The van der Waals surface area contributed by atoms with Crippen LogP contribution in [0.25, 0.3) is 0 Å². The lowest BCUT2D eigenvalue weighted by Crippen LogP contribution is -2.25. The topological polar surface area (TPSA) is 41.6 Å². The molecule has 5 heteroatoms. The maximum absolute atomic E-state index is 12.1. The van der Waals surface area contributed by atoms with Crippen LogP contribution in [-0.2, 0) is 4.79 Å². The first-order valence-electron chi connectivity index (χ1n) is 9.15. The summed E-state index contributed by atoms with van der Waals surface area (Å²) in [5.41, 5.74) is 2.92. The average Bonchev–Trinajstić information content (AvgIpc) is 2.70. The lowest BCUT2D eigenvalue weighted by molar-refractivity contribution is -0.118. The molecular weight excluding hydrogens is 372 g/mol. The zero-order valence-electron chi connectivity index (χ0n) is 15.9. The van der Waals surface area contributed by atoms with Gasteiger partial charge in [0.15, 0.2) is 6.61 Å². The molecule has 0 bridgehead atoms. The van der Waals surface area contributed by atoms with E-state index in [9.17, 15) is 4.79 Å². The maximum atomic E-state index is 12.1. The zero-order valence-corrected chi connectivity index (χ0v) is 16.7. The van der Waals surface area contributed by atoms with E-state index in [1.165, 1.54) is 0 Å². The molecule has 1 N–H and O–H groups in total. The smallest absolute Gasteiger partial charge is 0.262 e. The van der Waals surface area contributed by atoms with E-state index in [1.807, 2.05) is 42.5 Å². The first-order chi connectivity index (χ1) is 13.5. The highest BCUT2D eigenvalue weighted by atomic mass is 35.5. The monoisotopic (exact) mass is 394 g/mol. The highest BCUT2D eigenvalue weighted by molar-refractivity contribution is 6.30. The first kappa shape index (κ1) is 19.8. The minimum Gasteiger partial charge on any atom is -0.484 e. The number of amides is 1. The summed E-state index contributed by atoms with van der Waals surface area (Å²) >= 11 is 5.84. The molecule has 0 heterocycles. The third kappa shape index (κ3) is 5.27. The summed E-state index contributed by atoms with van der Waals surface area (Å²) in [6.45, 7) is 4.24. The number of carbonyl (C=O) groups excluding carboxylic acids is 1. The summed E-state index contributed by atoms with van der Waals surface area (Å²) in [5.74, 6) is 0.386. The Kier molecular flexibility index (Phi) is 6.56. The largest absolute Gasteiger partial charge is 0.484 e. The molecule has 0 spiro atoms. The normalized spacial score (nSPS) is 10.6. The van der Waals surface area contributed by atoms with Crippen molar-refractivity contribution in [1.82, 2.24) is 0 Å². The van der Waals surface area contributed by atoms with E-state index < -0.39 is 0 Å². The minimum atomic E-state index is -0.216. The van der Waals surface area contributed by atoms with E-state index in [1.54, 1.807) is 24.3 Å². The molecule has 0 radical (unpaired) electrons. The maximum Gasteiger partial charge on any atom is 0.262 e. The van der Waals surface area contributed by atoms with Crippen molar-refractivity contribution >= 4 is 34.6 Å². The number of hydrogen-bond acceptors (Lipinski definition) is 3. The molecule has 3 rings (SSSR count). The molecule has 0 aliphatic heterocycles. The summed E-state index contributed by atoms with van der Waals surface area (Å²) in [6, 6.07) is 25.2. The summed E-state index contributed by atoms with van der Waals surface area (Å²) < 4.78 is 5.47. The van der Waals surface area contributed by atoms with E-state index in [2.05, 4.69) is 36.2 Å². The fourth-order valence-electron chi connectivity index (χ4n) is 2.92. The van der Waals surface area contributed by atoms with Gasteiger partial charge in [-0.1, -0.05) is 29.8 Å². The van der Waals surface area contributed by atoms with Crippen molar-refractivity contribution in [2.24, 2.45) is 0 Å². The van der Waals surface area contributed by atoms with Crippen LogP contribution in [-0.4, -0.2) is 18.6 Å². The molecule has 0 aliphatic rings. The van der Waals surface area contributed by atoms with Crippen molar-refractivity contribution in [3.8, 4) is 5.75 Å². The number of ether oxygens (including phenoxy) is 1. The van der Waals surface area contributed by atoms with Gasteiger partial charge in [-0.05, 0) is 74.5 Å². The lowest BCUT2D eigenvalue weighted by atomic mass is 10.2. The van der Waals surface area contributed by atoms with Gasteiger partial charge in [0.25, 0.3) is 5.91 Å². The molecule has 28 heavy (non-hydrogen) atoms. The SMILES string of the molecule is CC(C)N(c1ccccc1)c1ccc(NC(=O)COc2ccc(Cl)cc2)cc1. The van der Waals surface area contributed by atoms with Crippen molar-refractivity contribution in [3.63, 3.8) is 0 Å². The van der Waals surface area contributed by atoms with E-state index in [0.29, 0.717) is 16.8 Å².